The number of ether oxygens (including phenoxy) is 1. The number of rotatable bonds is 2. The van der Waals surface area contributed by atoms with Gasteiger partial charge in [0.05, 0.1) is 12.6 Å². The second-order valence-electron chi connectivity index (χ2n) is 4.89. The molecule has 6 heteroatoms. The third-order valence-electron chi connectivity index (χ3n) is 3.55. The fourth-order valence-electron chi connectivity index (χ4n) is 2.44. The minimum absolute atomic E-state index is 0.320. The molecule has 0 spiro atoms. The SMILES string of the molecule is COc1ccc(-c2nc3c4ccccc4nc(N)n3n2)cc1. The summed E-state index contributed by atoms with van der Waals surface area (Å²) in [5.74, 6) is 1.72. The Balaban J connectivity index is 1.96. The first-order valence-corrected chi connectivity index (χ1v) is 6.82. The topological polar surface area (TPSA) is 78.3 Å². The second kappa shape index (κ2) is 4.70. The van der Waals surface area contributed by atoms with Crippen LogP contribution in [0.5, 0.6) is 5.75 Å². The minimum Gasteiger partial charge on any atom is -0.497 e. The molecule has 0 fully saturated rings. The zero-order chi connectivity index (χ0) is 15.1. The van der Waals surface area contributed by atoms with Crippen LogP contribution < -0.4 is 10.5 Å². The number of aromatic nitrogens is 4. The molecule has 0 aliphatic rings. The summed E-state index contributed by atoms with van der Waals surface area (Å²) in [4.78, 5) is 8.97. The lowest BCUT2D eigenvalue weighted by atomic mass is 10.2. The van der Waals surface area contributed by atoms with Crippen LogP contribution in [0.2, 0.25) is 0 Å². The van der Waals surface area contributed by atoms with E-state index in [9.17, 15) is 0 Å². The molecular weight excluding hydrogens is 278 g/mol. The predicted octanol–water partition coefficient (Wildman–Crippen LogP) is 2.54. The van der Waals surface area contributed by atoms with Gasteiger partial charge in [-0.25, -0.2) is 9.97 Å². The third kappa shape index (κ3) is 1.85. The molecule has 0 saturated carbocycles. The van der Waals surface area contributed by atoms with E-state index in [2.05, 4.69) is 15.1 Å². The molecule has 0 amide bonds. The van der Waals surface area contributed by atoms with Gasteiger partial charge in [0.2, 0.25) is 5.95 Å². The Bertz CT molecular complexity index is 975. The molecule has 2 aromatic carbocycles. The Morgan fingerprint density at radius 1 is 1.00 bits per heavy atom. The first-order chi connectivity index (χ1) is 10.8. The van der Waals surface area contributed by atoms with Crippen LogP contribution in [0.4, 0.5) is 5.95 Å². The van der Waals surface area contributed by atoms with Gasteiger partial charge in [-0.05, 0) is 36.4 Å². The molecule has 0 aliphatic heterocycles. The van der Waals surface area contributed by atoms with Crippen LogP contribution in [-0.2, 0) is 0 Å². The van der Waals surface area contributed by atoms with Gasteiger partial charge < -0.3 is 10.5 Å². The van der Waals surface area contributed by atoms with Crippen LogP contribution in [-0.4, -0.2) is 26.7 Å². The zero-order valence-corrected chi connectivity index (χ0v) is 11.9. The monoisotopic (exact) mass is 291 g/mol. The molecule has 0 saturated heterocycles. The largest absolute Gasteiger partial charge is 0.497 e. The number of benzene rings is 2. The van der Waals surface area contributed by atoms with E-state index in [-0.39, 0.29) is 0 Å². The molecule has 4 rings (SSSR count). The number of anilines is 1. The van der Waals surface area contributed by atoms with Crippen LogP contribution in [0.3, 0.4) is 0 Å². The van der Waals surface area contributed by atoms with Gasteiger partial charge in [0.15, 0.2) is 11.5 Å². The minimum atomic E-state index is 0.320. The van der Waals surface area contributed by atoms with Crippen LogP contribution in [0.1, 0.15) is 0 Å². The van der Waals surface area contributed by atoms with E-state index in [0.717, 1.165) is 22.2 Å². The van der Waals surface area contributed by atoms with Crippen LogP contribution in [0.15, 0.2) is 48.5 Å². The van der Waals surface area contributed by atoms with Crippen molar-refractivity contribution in [2.45, 2.75) is 0 Å². The van der Waals surface area contributed by atoms with Gasteiger partial charge in [-0.1, -0.05) is 12.1 Å². The smallest absolute Gasteiger partial charge is 0.223 e. The van der Waals surface area contributed by atoms with Crippen molar-refractivity contribution in [1.29, 1.82) is 0 Å². The lowest BCUT2D eigenvalue weighted by Crippen LogP contribution is -2.02. The molecule has 22 heavy (non-hydrogen) atoms. The Morgan fingerprint density at radius 3 is 2.55 bits per heavy atom. The maximum Gasteiger partial charge on any atom is 0.223 e. The summed E-state index contributed by atoms with van der Waals surface area (Å²) in [7, 11) is 1.64. The molecule has 0 aliphatic carbocycles. The van der Waals surface area contributed by atoms with Gasteiger partial charge in [-0.2, -0.15) is 4.52 Å². The summed E-state index contributed by atoms with van der Waals surface area (Å²) < 4.78 is 6.74. The Hall–Kier alpha value is -3.15. The molecule has 2 N–H and O–H groups in total. The second-order valence-corrected chi connectivity index (χ2v) is 4.89. The van der Waals surface area contributed by atoms with Crippen molar-refractivity contribution in [3.63, 3.8) is 0 Å². The van der Waals surface area contributed by atoms with E-state index in [1.54, 1.807) is 11.6 Å². The predicted molar refractivity (Wildman–Crippen MR) is 84.7 cm³/mol. The van der Waals surface area contributed by atoms with Crippen molar-refractivity contribution < 1.29 is 4.74 Å². The highest BCUT2D eigenvalue weighted by Gasteiger charge is 2.12. The summed E-state index contributed by atoms with van der Waals surface area (Å²) in [6.07, 6.45) is 0. The quantitative estimate of drug-likeness (QED) is 0.614. The van der Waals surface area contributed by atoms with Crippen molar-refractivity contribution in [2.24, 2.45) is 0 Å². The standard InChI is InChI=1S/C16H13N5O/c1-22-11-8-6-10(7-9-11)14-19-15-12-4-2-3-5-13(12)18-16(17)21(15)20-14/h2-9H,1H3,(H2,17,18). The number of nitrogens with two attached hydrogens (primary N) is 1. The zero-order valence-electron chi connectivity index (χ0n) is 11.9. The maximum atomic E-state index is 5.99. The lowest BCUT2D eigenvalue weighted by Gasteiger charge is -2.00. The van der Waals surface area contributed by atoms with Gasteiger partial charge in [-0.3, -0.25) is 0 Å². The van der Waals surface area contributed by atoms with Gasteiger partial charge in [0.1, 0.15) is 5.75 Å². The molecule has 0 radical (unpaired) electrons. The fraction of sp³-hybridized carbons (Fsp3) is 0.0625. The maximum absolute atomic E-state index is 5.99. The van der Waals surface area contributed by atoms with Gasteiger partial charge in [-0.15, -0.1) is 5.10 Å². The highest BCUT2D eigenvalue weighted by Crippen LogP contribution is 2.24. The summed E-state index contributed by atoms with van der Waals surface area (Å²) in [5, 5.41) is 5.39. The number of nitrogens with zero attached hydrogens (tertiary/aromatic N) is 4. The summed E-state index contributed by atoms with van der Waals surface area (Å²) >= 11 is 0. The summed E-state index contributed by atoms with van der Waals surface area (Å²) in [6, 6.07) is 15.3. The number of fused-ring (bicyclic) bond motifs is 3. The molecule has 6 nitrogen and oxygen atoms in total. The van der Waals surface area contributed by atoms with Crippen LogP contribution >= 0.6 is 0 Å². The number of para-hydroxylation sites is 1. The number of methoxy groups -OCH3 is 1. The molecule has 0 unspecified atom stereocenters. The molecular formula is C16H13N5O. The number of hydrogen-bond donors (Lipinski definition) is 1. The van der Waals surface area contributed by atoms with E-state index < -0.39 is 0 Å². The Kier molecular flexibility index (Phi) is 2.69. The highest BCUT2D eigenvalue weighted by molar-refractivity contribution is 5.92. The van der Waals surface area contributed by atoms with Crippen LogP contribution in [0, 0.1) is 0 Å². The third-order valence-corrected chi connectivity index (χ3v) is 3.55. The number of nitrogen functional groups attached to an aromatic ring is 1. The molecule has 0 bridgehead atoms. The van der Waals surface area contributed by atoms with Crippen molar-refractivity contribution in [2.75, 3.05) is 12.8 Å². The molecule has 2 aromatic heterocycles. The Morgan fingerprint density at radius 2 is 1.77 bits per heavy atom. The van der Waals surface area contributed by atoms with Crippen molar-refractivity contribution >= 4 is 22.5 Å². The van der Waals surface area contributed by atoms with E-state index in [1.165, 1.54) is 0 Å². The Labute approximate surface area is 126 Å². The fourth-order valence-corrected chi connectivity index (χ4v) is 2.44. The van der Waals surface area contributed by atoms with Gasteiger partial charge in [0, 0.05) is 10.9 Å². The molecule has 2 heterocycles. The van der Waals surface area contributed by atoms with E-state index in [1.807, 2.05) is 48.5 Å². The normalized spacial score (nSPS) is 11.1. The summed E-state index contributed by atoms with van der Waals surface area (Å²) in [6.45, 7) is 0. The molecule has 4 aromatic rings. The van der Waals surface area contributed by atoms with E-state index in [0.29, 0.717) is 17.4 Å². The van der Waals surface area contributed by atoms with Crippen molar-refractivity contribution in [3.05, 3.63) is 48.5 Å². The molecule has 108 valence electrons. The first-order valence-electron chi connectivity index (χ1n) is 6.82. The average Bonchev–Trinajstić information content (AvgIpc) is 3.01. The molecule has 0 atom stereocenters. The average molecular weight is 291 g/mol. The highest BCUT2D eigenvalue weighted by atomic mass is 16.5. The van der Waals surface area contributed by atoms with Gasteiger partial charge >= 0.3 is 0 Å². The summed E-state index contributed by atoms with van der Waals surface area (Å²) in [5.41, 5.74) is 8.39. The van der Waals surface area contributed by atoms with Crippen molar-refractivity contribution in [3.8, 4) is 17.1 Å². The van der Waals surface area contributed by atoms with Crippen LogP contribution in [0.25, 0.3) is 27.9 Å². The lowest BCUT2D eigenvalue weighted by molar-refractivity contribution is 0.415. The first kappa shape index (κ1) is 12.6. The van der Waals surface area contributed by atoms with E-state index >= 15 is 0 Å². The van der Waals surface area contributed by atoms with Gasteiger partial charge in [0.25, 0.3) is 0 Å². The van der Waals surface area contributed by atoms with E-state index in [4.69, 9.17) is 10.5 Å². The number of hydrogen-bond acceptors (Lipinski definition) is 5. The van der Waals surface area contributed by atoms with Crippen molar-refractivity contribution in [1.82, 2.24) is 19.6 Å².